The molecule has 0 aliphatic heterocycles. The molecule has 0 atom stereocenters. The highest BCUT2D eigenvalue weighted by Gasteiger charge is 2.09. The van der Waals surface area contributed by atoms with E-state index in [-0.39, 0.29) is 5.91 Å². The molecule has 5 nitrogen and oxygen atoms in total. The Kier molecular flexibility index (Phi) is 2.77. The molecule has 0 aromatic carbocycles. The van der Waals surface area contributed by atoms with E-state index in [0.717, 1.165) is 10.3 Å². The topological polar surface area (TPSA) is 70.7 Å². The number of amides is 1. The van der Waals surface area contributed by atoms with E-state index in [1.54, 1.807) is 17.5 Å². The molecule has 2 N–H and O–H groups in total. The lowest BCUT2D eigenvalue weighted by Gasteiger charge is -2.01. The molecule has 0 bridgehead atoms. The molecule has 1 amide bonds. The monoisotopic (exact) mass is 258 g/mol. The number of nitrogens with one attached hydrogen (secondary N) is 2. The zero-order valence-corrected chi connectivity index (χ0v) is 10.2. The van der Waals surface area contributed by atoms with Crippen LogP contribution in [0.3, 0.4) is 0 Å². The van der Waals surface area contributed by atoms with Gasteiger partial charge in [0.2, 0.25) is 5.91 Å². The van der Waals surface area contributed by atoms with Crippen LogP contribution in [0.4, 0.5) is 5.82 Å². The van der Waals surface area contributed by atoms with E-state index in [1.807, 2.05) is 29.6 Å². The number of hydrogen-bond donors (Lipinski definition) is 2. The summed E-state index contributed by atoms with van der Waals surface area (Å²) in [4.78, 5) is 17.0. The average Bonchev–Trinajstić information content (AvgIpc) is 3.00. The van der Waals surface area contributed by atoms with Gasteiger partial charge in [-0.2, -0.15) is 5.10 Å². The molecule has 3 heterocycles. The number of aromatic nitrogens is 3. The number of anilines is 1. The highest BCUT2D eigenvalue weighted by molar-refractivity contribution is 7.10. The van der Waals surface area contributed by atoms with Gasteiger partial charge in [0, 0.05) is 11.1 Å². The molecule has 6 heteroatoms. The van der Waals surface area contributed by atoms with Crippen LogP contribution in [0, 0.1) is 0 Å². The van der Waals surface area contributed by atoms with Gasteiger partial charge in [-0.05, 0) is 23.6 Å². The minimum atomic E-state index is -0.0631. The Labute approximate surface area is 107 Å². The number of carbonyl (C=O) groups is 1. The van der Waals surface area contributed by atoms with Gasteiger partial charge in [-0.15, -0.1) is 11.3 Å². The Morgan fingerprint density at radius 3 is 3.17 bits per heavy atom. The Morgan fingerprint density at radius 1 is 1.39 bits per heavy atom. The molecule has 0 aliphatic carbocycles. The van der Waals surface area contributed by atoms with Crippen molar-refractivity contribution in [3.8, 4) is 0 Å². The van der Waals surface area contributed by atoms with Crippen molar-refractivity contribution in [3.05, 3.63) is 40.7 Å². The van der Waals surface area contributed by atoms with Gasteiger partial charge in [0.1, 0.15) is 5.82 Å². The molecule has 0 saturated carbocycles. The fraction of sp³-hybridized carbons (Fsp3) is 0.0833. The third kappa shape index (κ3) is 2.10. The normalized spacial score (nSPS) is 10.7. The maximum Gasteiger partial charge on any atom is 0.230 e. The van der Waals surface area contributed by atoms with Crippen molar-refractivity contribution in [2.24, 2.45) is 0 Å². The van der Waals surface area contributed by atoms with Crippen LogP contribution < -0.4 is 5.32 Å². The van der Waals surface area contributed by atoms with Crippen molar-refractivity contribution >= 4 is 34.1 Å². The van der Waals surface area contributed by atoms with Gasteiger partial charge in [-0.25, -0.2) is 4.98 Å². The number of nitrogens with zero attached hydrogens (tertiary/aromatic N) is 2. The van der Waals surface area contributed by atoms with E-state index < -0.39 is 0 Å². The first-order valence-corrected chi connectivity index (χ1v) is 6.32. The largest absolute Gasteiger partial charge is 0.310 e. The summed E-state index contributed by atoms with van der Waals surface area (Å²) in [6.07, 6.45) is 2.04. The second-order valence-corrected chi connectivity index (χ2v) is 4.81. The number of rotatable bonds is 3. The lowest BCUT2D eigenvalue weighted by molar-refractivity contribution is -0.115. The van der Waals surface area contributed by atoms with Crippen molar-refractivity contribution in [2.45, 2.75) is 6.42 Å². The number of pyridine rings is 1. The molecule has 0 unspecified atom stereocenters. The van der Waals surface area contributed by atoms with Crippen molar-refractivity contribution < 1.29 is 4.79 Å². The first-order chi connectivity index (χ1) is 8.83. The predicted octanol–water partition coefficient (Wildman–Crippen LogP) is 2.20. The van der Waals surface area contributed by atoms with Gasteiger partial charge in [0.15, 0.2) is 5.65 Å². The SMILES string of the molecule is O=C(Cc1cccs1)Nc1[nH]nc2ncccc12. The third-order valence-corrected chi connectivity index (χ3v) is 3.39. The lowest BCUT2D eigenvalue weighted by Crippen LogP contribution is -2.14. The zero-order chi connectivity index (χ0) is 12.4. The van der Waals surface area contributed by atoms with E-state index in [4.69, 9.17) is 0 Å². The predicted molar refractivity (Wildman–Crippen MR) is 70.5 cm³/mol. The highest BCUT2D eigenvalue weighted by atomic mass is 32.1. The lowest BCUT2D eigenvalue weighted by atomic mass is 10.3. The fourth-order valence-electron chi connectivity index (χ4n) is 1.70. The van der Waals surface area contributed by atoms with Crippen molar-refractivity contribution in [1.82, 2.24) is 15.2 Å². The summed E-state index contributed by atoms with van der Waals surface area (Å²) in [6.45, 7) is 0. The second-order valence-electron chi connectivity index (χ2n) is 3.78. The summed E-state index contributed by atoms with van der Waals surface area (Å²) in [5.41, 5.74) is 0.601. The minimum Gasteiger partial charge on any atom is -0.310 e. The van der Waals surface area contributed by atoms with E-state index in [1.165, 1.54) is 0 Å². The summed E-state index contributed by atoms with van der Waals surface area (Å²) in [5.74, 6) is 0.534. The van der Waals surface area contributed by atoms with E-state index in [0.29, 0.717) is 17.9 Å². The van der Waals surface area contributed by atoms with Gasteiger partial charge in [0.25, 0.3) is 0 Å². The zero-order valence-electron chi connectivity index (χ0n) is 9.38. The van der Waals surface area contributed by atoms with Crippen LogP contribution in [-0.4, -0.2) is 21.1 Å². The van der Waals surface area contributed by atoms with Gasteiger partial charge >= 0.3 is 0 Å². The number of H-pyrrole nitrogens is 1. The van der Waals surface area contributed by atoms with Crippen molar-refractivity contribution in [3.63, 3.8) is 0 Å². The van der Waals surface area contributed by atoms with Crippen molar-refractivity contribution in [1.29, 1.82) is 0 Å². The summed E-state index contributed by atoms with van der Waals surface area (Å²) >= 11 is 1.57. The molecular formula is C12H10N4OS. The molecule has 0 fully saturated rings. The van der Waals surface area contributed by atoms with Gasteiger partial charge in [-0.3, -0.25) is 9.89 Å². The van der Waals surface area contributed by atoms with Crippen LogP contribution in [0.25, 0.3) is 11.0 Å². The van der Waals surface area contributed by atoms with Gasteiger partial charge < -0.3 is 5.32 Å². The highest BCUT2D eigenvalue weighted by Crippen LogP contribution is 2.18. The molecule has 0 aliphatic rings. The Bertz CT molecular complexity index is 674. The van der Waals surface area contributed by atoms with E-state index >= 15 is 0 Å². The molecule has 90 valence electrons. The van der Waals surface area contributed by atoms with Gasteiger partial charge in [-0.1, -0.05) is 6.07 Å². The maximum absolute atomic E-state index is 11.8. The van der Waals surface area contributed by atoms with Crippen LogP contribution in [0.15, 0.2) is 35.8 Å². The fourth-order valence-corrected chi connectivity index (χ4v) is 2.40. The average molecular weight is 258 g/mol. The molecule has 3 aromatic heterocycles. The first-order valence-electron chi connectivity index (χ1n) is 5.44. The Hall–Kier alpha value is -2.21. The molecule has 0 saturated heterocycles. The molecule has 3 rings (SSSR count). The number of fused-ring (bicyclic) bond motifs is 1. The smallest absolute Gasteiger partial charge is 0.230 e. The van der Waals surface area contributed by atoms with E-state index in [9.17, 15) is 4.79 Å². The van der Waals surface area contributed by atoms with Crippen LogP contribution in [0.1, 0.15) is 4.88 Å². The maximum atomic E-state index is 11.8. The molecule has 3 aromatic rings. The standard InChI is InChI=1S/C12H10N4OS/c17-10(7-8-3-2-6-18-8)14-12-9-4-1-5-13-11(9)15-16-12/h1-6H,7H2,(H2,13,14,15,16,17). The third-order valence-electron chi connectivity index (χ3n) is 2.51. The number of aromatic amines is 1. The quantitative estimate of drug-likeness (QED) is 0.756. The van der Waals surface area contributed by atoms with Crippen molar-refractivity contribution in [2.75, 3.05) is 5.32 Å². The Balaban J connectivity index is 1.78. The first kappa shape index (κ1) is 10.9. The van der Waals surface area contributed by atoms with Crippen LogP contribution in [0.2, 0.25) is 0 Å². The summed E-state index contributed by atoms with van der Waals surface area (Å²) in [5, 5.41) is 12.4. The molecule has 0 spiro atoms. The molecular weight excluding hydrogens is 248 g/mol. The number of thiophene rings is 1. The molecule has 18 heavy (non-hydrogen) atoms. The van der Waals surface area contributed by atoms with Crippen LogP contribution in [0.5, 0.6) is 0 Å². The van der Waals surface area contributed by atoms with Crippen LogP contribution in [-0.2, 0) is 11.2 Å². The summed E-state index contributed by atoms with van der Waals surface area (Å²) in [7, 11) is 0. The van der Waals surface area contributed by atoms with Gasteiger partial charge in [0.05, 0.1) is 11.8 Å². The Morgan fingerprint density at radius 2 is 2.33 bits per heavy atom. The number of carbonyl (C=O) groups excluding carboxylic acids is 1. The van der Waals surface area contributed by atoms with Crippen LogP contribution >= 0.6 is 11.3 Å². The summed E-state index contributed by atoms with van der Waals surface area (Å²) in [6, 6.07) is 7.55. The van der Waals surface area contributed by atoms with E-state index in [2.05, 4.69) is 20.5 Å². The number of hydrogen-bond acceptors (Lipinski definition) is 4. The second kappa shape index (κ2) is 4.58. The summed E-state index contributed by atoms with van der Waals surface area (Å²) < 4.78 is 0. The minimum absolute atomic E-state index is 0.0631. The molecule has 0 radical (unpaired) electrons.